The molecular weight excluding hydrogens is 212 g/mol. The summed E-state index contributed by atoms with van der Waals surface area (Å²) in [7, 11) is 1.67. The molecule has 0 spiro atoms. The van der Waals surface area contributed by atoms with Crippen molar-refractivity contribution in [1.29, 1.82) is 0 Å². The minimum absolute atomic E-state index is 0.655. The minimum Gasteiger partial charge on any atom is -0.382 e. The van der Waals surface area contributed by atoms with Crippen LogP contribution in [0.5, 0.6) is 0 Å². The van der Waals surface area contributed by atoms with Crippen molar-refractivity contribution >= 4 is 12.2 Å². The molecule has 0 aromatic carbocycles. The molecule has 0 saturated carbocycles. The topological polar surface area (TPSA) is 39.2 Å². The smallest absolute Gasteiger partial charge is 0.177 e. The SMILES string of the molecule is COCCOCCCn1c(C)c[nH]c1=S. The number of imidazole rings is 1. The number of aromatic amines is 1. The van der Waals surface area contributed by atoms with Crippen LogP contribution in [0.4, 0.5) is 0 Å². The van der Waals surface area contributed by atoms with Crippen LogP contribution in [0.25, 0.3) is 0 Å². The van der Waals surface area contributed by atoms with E-state index in [9.17, 15) is 0 Å². The summed E-state index contributed by atoms with van der Waals surface area (Å²) in [6.45, 7) is 5.01. The highest BCUT2D eigenvalue weighted by Gasteiger charge is 1.98. The molecule has 1 rings (SSSR count). The second-order valence-electron chi connectivity index (χ2n) is 3.35. The third-order valence-electron chi connectivity index (χ3n) is 2.18. The minimum atomic E-state index is 0.655. The molecule has 0 amide bonds. The summed E-state index contributed by atoms with van der Waals surface area (Å²) in [4.78, 5) is 3.02. The van der Waals surface area contributed by atoms with Gasteiger partial charge in [0.1, 0.15) is 0 Å². The Kier molecular flexibility index (Phi) is 5.60. The molecule has 1 heterocycles. The lowest BCUT2D eigenvalue weighted by Crippen LogP contribution is -2.07. The Morgan fingerprint density at radius 3 is 2.80 bits per heavy atom. The number of H-pyrrole nitrogens is 1. The van der Waals surface area contributed by atoms with Gasteiger partial charge < -0.3 is 19.0 Å². The highest BCUT2D eigenvalue weighted by Crippen LogP contribution is 2.01. The molecule has 0 radical (unpaired) electrons. The zero-order chi connectivity index (χ0) is 11.1. The number of aryl methyl sites for hydroxylation is 1. The first kappa shape index (κ1) is 12.4. The first-order valence-corrected chi connectivity index (χ1v) is 5.48. The molecule has 0 unspecified atom stereocenters. The Balaban J connectivity index is 2.18. The van der Waals surface area contributed by atoms with E-state index in [1.807, 2.05) is 13.1 Å². The van der Waals surface area contributed by atoms with Gasteiger partial charge in [0.25, 0.3) is 0 Å². The Hall–Kier alpha value is -0.650. The average molecular weight is 230 g/mol. The van der Waals surface area contributed by atoms with E-state index < -0.39 is 0 Å². The number of hydrogen-bond acceptors (Lipinski definition) is 3. The van der Waals surface area contributed by atoms with Crippen molar-refractivity contribution < 1.29 is 9.47 Å². The van der Waals surface area contributed by atoms with Crippen molar-refractivity contribution in [1.82, 2.24) is 9.55 Å². The predicted molar refractivity (Wildman–Crippen MR) is 61.7 cm³/mol. The molecule has 15 heavy (non-hydrogen) atoms. The highest BCUT2D eigenvalue weighted by molar-refractivity contribution is 7.71. The molecule has 0 atom stereocenters. The largest absolute Gasteiger partial charge is 0.382 e. The molecule has 5 heteroatoms. The van der Waals surface area contributed by atoms with Gasteiger partial charge in [-0.2, -0.15) is 0 Å². The summed E-state index contributed by atoms with van der Waals surface area (Å²) in [6, 6.07) is 0. The Morgan fingerprint density at radius 2 is 2.20 bits per heavy atom. The number of nitrogens with zero attached hydrogens (tertiary/aromatic N) is 1. The second kappa shape index (κ2) is 6.76. The monoisotopic (exact) mass is 230 g/mol. The van der Waals surface area contributed by atoms with Gasteiger partial charge in [-0.25, -0.2) is 0 Å². The molecule has 0 aliphatic heterocycles. The number of methoxy groups -OCH3 is 1. The van der Waals surface area contributed by atoms with Crippen LogP contribution < -0.4 is 0 Å². The van der Waals surface area contributed by atoms with Gasteiger partial charge in [-0.3, -0.25) is 0 Å². The lowest BCUT2D eigenvalue weighted by Gasteiger charge is -2.06. The van der Waals surface area contributed by atoms with Crippen molar-refractivity contribution in [2.45, 2.75) is 19.9 Å². The lowest BCUT2D eigenvalue weighted by molar-refractivity contribution is 0.0679. The van der Waals surface area contributed by atoms with E-state index in [1.54, 1.807) is 7.11 Å². The second-order valence-corrected chi connectivity index (χ2v) is 3.73. The first-order valence-electron chi connectivity index (χ1n) is 5.07. The number of aromatic nitrogens is 2. The van der Waals surface area contributed by atoms with E-state index >= 15 is 0 Å². The maximum atomic E-state index is 5.37. The third-order valence-corrected chi connectivity index (χ3v) is 2.52. The maximum absolute atomic E-state index is 5.37. The number of rotatable bonds is 7. The van der Waals surface area contributed by atoms with Crippen LogP contribution >= 0.6 is 12.2 Å². The van der Waals surface area contributed by atoms with Gasteiger partial charge in [-0.15, -0.1) is 0 Å². The number of nitrogens with one attached hydrogen (secondary N) is 1. The normalized spacial score (nSPS) is 10.8. The molecular formula is C10H18N2O2S. The van der Waals surface area contributed by atoms with E-state index in [0.717, 1.165) is 30.0 Å². The average Bonchev–Trinajstić information content (AvgIpc) is 2.54. The fraction of sp³-hybridized carbons (Fsp3) is 0.700. The van der Waals surface area contributed by atoms with Gasteiger partial charge in [0, 0.05) is 32.2 Å². The van der Waals surface area contributed by atoms with E-state index in [4.69, 9.17) is 21.7 Å². The van der Waals surface area contributed by atoms with Gasteiger partial charge in [0.15, 0.2) is 4.77 Å². The summed E-state index contributed by atoms with van der Waals surface area (Å²) in [5.74, 6) is 0. The molecule has 0 aliphatic rings. The Labute approximate surface area is 95.2 Å². The van der Waals surface area contributed by atoms with Gasteiger partial charge >= 0.3 is 0 Å². The molecule has 0 fully saturated rings. The van der Waals surface area contributed by atoms with Gasteiger partial charge in [0.05, 0.1) is 13.2 Å². The van der Waals surface area contributed by atoms with Gasteiger partial charge in [0.2, 0.25) is 0 Å². The number of ether oxygens (including phenoxy) is 2. The summed E-state index contributed by atoms with van der Waals surface area (Å²) in [6.07, 6.45) is 2.89. The molecule has 4 nitrogen and oxygen atoms in total. The molecule has 0 aliphatic carbocycles. The van der Waals surface area contributed by atoms with Crippen LogP contribution in [-0.4, -0.2) is 36.5 Å². The van der Waals surface area contributed by atoms with Crippen molar-refractivity contribution in [2.24, 2.45) is 0 Å². The van der Waals surface area contributed by atoms with Crippen molar-refractivity contribution in [3.05, 3.63) is 16.7 Å². The van der Waals surface area contributed by atoms with E-state index in [0.29, 0.717) is 13.2 Å². The van der Waals surface area contributed by atoms with E-state index in [1.165, 1.54) is 0 Å². The molecule has 1 aromatic rings. The summed E-state index contributed by atoms with van der Waals surface area (Å²) < 4.78 is 13.1. The van der Waals surface area contributed by atoms with Crippen LogP contribution in [0.1, 0.15) is 12.1 Å². The van der Waals surface area contributed by atoms with Crippen LogP contribution in [0.15, 0.2) is 6.20 Å². The van der Waals surface area contributed by atoms with Gasteiger partial charge in [-0.05, 0) is 25.6 Å². The third kappa shape index (κ3) is 4.15. The fourth-order valence-electron chi connectivity index (χ4n) is 1.33. The van der Waals surface area contributed by atoms with Crippen LogP contribution in [-0.2, 0) is 16.0 Å². The van der Waals surface area contributed by atoms with E-state index in [-0.39, 0.29) is 0 Å². The zero-order valence-electron chi connectivity index (χ0n) is 9.28. The molecule has 0 bridgehead atoms. The Morgan fingerprint density at radius 1 is 1.40 bits per heavy atom. The molecule has 0 saturated heterocycles. The standard InChI is InChI=1S/C10H18N2O2S/c1-9-8-11-10(15)12(9)4-3-5-14-7-6-13-2/h8H,3-7H2,1-2H3,(H,11,15). The molecule has 1 N–H and O–H groups in total. The summed E-state index contributed by atoms with van der Waals surface area (Å²) in [5.41, 5.74) is 1.16. The highest BCUT2D eigenvalue weighted by atomic mass is 32.1. The van der Waals surface area contributed by atoms with E-state index in [2.05, 4.69) is 9.55 Å². The first-order chi connectivity index (χ1) is 7.25. The van der Waals surface area contributed by atoms with Crippen LogP contribution in [0, 0.1) is 11.7 Å². The number of hydrogen-bond donors (Lipinski definition) is 1. The maximum Gasteiger partial charge on any atom is 0.177 e. The van der Waals surface area contributed by atoms with Gasteiger partial charge in [-0.1, -0.05) is 0 Å². The van der Waals surface area contributed by atoms with Crippen molar-refractivity contribution in [3.8, 4) is 0 Å². The van der Waals surface area contributed by atoms with Crippen molar-refractivity contribution in [3.63, 3.8) is 0 Å². The predicted octanol–water partition coefficient (Wildman–Crippen LogP) is 1.91. The summed E-state index contributed by atoms with van der Waals surface area (Å²) >= 11 is 5.14. The van der Waals surface area contributed by atoms with Crippen molar-refractivity contribution in [2.75, 3.05) is 26.9 Å². The molecule has 1 aromatic heterocycles. The Bertz CT molecular complexity index is 332. The van der Waals surface area contributed by atoms with Crippen LogP contribution in [0.3, 0.4) is 0 Å². The quantitative estimate of drug-likeness (QED) is 0.574. The lowest BCUT2D eigenvalue weighted by atomic mass is 10.4. The fourth-order valence-corrected chi connectivity index (χ4v) is 1.62. The zero-order valence-corrected chi connectivity index (χ0v) is 10.1. The molecule has 86 valence electrons. The summed E-state index contributed by atoms with van der Waals surface area (Å²) in [5, 5.41) is 0. The van der Waals surface area contributed by atoms with Crippen LogP contribution in [0.2, 0.25) is 0 Å².